The lowest BCUT2D eigenvalue weighted by molar-refractivity contribution is -0.148. The molecule has 1 amide bonds. The molecule has 26 heavy (non-hydrogen) atoms. The minimum Gasteiger partial charge on any atom is -0.497 e. The van der Waals surface area contributed by atoms with E-state index in [0.29, 0.717) is 36.3 Å². The number of benzene rings is 1. The third-order valence-electron chi connectivity index (χ3n) is 4.94. The lowest BCUT2D eigenvalue weighted by Crippen LogP contribution is -2.40. The largest absolute Gasteiger partial charge is 0.497 e. The number of aryl methyl sites for hydroxylation is 1. The molecule has 7 heteroatoms. The Labute approximate surface area is 150 Å². The first-order valence-electron chi connectivity index (χ1n) is 8.55. The second kappa shape index (κ2) is 7.19. The minimum atomic E-state index is -0.980. The summed E-state index contributed by atoms with van der Waals surface area (Å²) in [7, 11) is 1.54. The molecule has 1 saturated heterocycles. The van der Waals surface area contributed by atoms with Crippen LogP contribution >= 0.6 is 0 Å². The van der Waals surface area contributed by atoms with E-state index in [0.717, 1.165) is 10.9 Å². The third kappa shape index (κ3) is 3.29. The van der Waals surface area contributed by atoms with Gasteiger partial charge in [0, 0.05) is 30.0 Å². The minimum absolute atomic E-state index is 0.0804. The molecule has 7 nitrogen and oxygen atoms in total. The zero-order chi connectivity index (χ0) is 18.8. The first-order valence-corrected chi connectivity index (χ1v) is 8.55. The van der Waals surface area contributed by atoms with Gasteiger partial charge in [0.15, 0.2) is 0 Å². The maximum absolute atomic E-state index is 12.4. The molecule has 0 saturated carbocycles. The fourth-order valence-electron chi connectivity index (χ4n) is 3.49. The standard InChI is InChI=1S/C19H21NO6/c1-11-13-6-5-12(25-2)10-16(13)26-19(24)14(11)7-8-17(21)20-9-3-4-15(20)18(22)23/h5-6,10,15H,3-4,7-9H2,1-2H3,(H,22,23)/t15-/m1/s1. The summed E-state index contributed by atoms with van der Waals surface area (Å²) < 4.78 is 10.5. The van der Waals surface area contributed by atoms with Crippen molar-refractivity contribution in [2.75, 3.05) is 13.7 Å². The molecule has 138 valence electrons. The Morgan fingerprint density at radius 1 is 1.38 bits per heavy atom. The van der Waals surface area contributed by atoms with Crippen molar-refractivity contribution in [2.45, 2.75) is 38.6 Å². The van der Waals surface area contributed by atoms with Crippen LogP contribution in [-0.4, -0.2) is 41.6 Å². The highest BCUT2D eigenvalue weighted by molar-refractivity contribution is 5.85. The van der Waals surface area contributed by atoms with E-state index in [4.69, 9.17) is 9.15 Å². The molecule has 1 N–H and O–H groups in total. The van der Waals surface area contributed by atoms with Gasteiger partial charge in [0.2, 0.25) is 5.91 Å². The van der Waals surface area contributed by atoms with E-state index in [-0.39, 0.29) is 18.7 Å². The van der Waals surface area contributed by atoms with Crippen LogP contribution in [0.5, 0.6) is 5.75 Å². The normalized spacial score (nSPS) is 16.8. The van der Waals surface area contributed by atoms with E-state index < -0.39 is 17.6 Å². The number of methoxy groups -OCH3 is 1. The SMILES string of the molecule is COc1ccc2c(C)c(CCC(=O)N3CCC[C@@H]3C(=O)O)c(=O)oc2c1. The lowest BCUT2D eigenvalue weighted by Gasteiger charge is -2.21. The zero-order valence-electron chi connectivity index (χ0n) is 14.8. The summed E-state index contributed by atoms with van der Waals surface area (Å²) in [6, 6.07) is 4.49. The van der Waals surface area contributed by atoms with Crippen molar-refractivity contribution in [3.8, 4) is 5.75 Å². The topological polar surface area (TPSA) is 97.0 Å². The van der Waals surface area contributed by atoms with Gasteiger partial charge in [-0.15, -0.1) is 0 Å². The molecular weight excluding hydrogens is 338 g/mol. The van der Waals surface area contributed by atoms with Crippen molar-refractivity contribution in [3.05, 3.63) is 39.7 Å². The molecule has 2 heterocycles. The number of hydrogen-bond donors (Lipinski definition) is 1. The van der Waals surface area contributed by atoms with Crippen LogP contribution in [0.15, 0.2) is 27.4 Å². The van der Waals surface area contributed by atoms with Crippen LogP contribution in [0.3, 0.4) is 0 Å². The third-order valence-corrected chi connectivity index (χ3v) is 4.94. The van der Waals surface area contributed by atoms with Crippen LogP contribution in [0.1, 0.15) is 30.4 Å². The molecule has 0 spiro atoms. The van der Waals surface area contributed by atoms with Gasteiger partial charge < -0.3 is 19.2 Å². The van der Waals surface area contributed by atoms with Crippen molar-refractivity contribution < 1.29 is 23.8 Å². The molecule has 2 aromatic rings. The van der Waals surface area contributed by atoms with Gasteiger partial charge in [0.1, 0.15) is 17.4 Å². The number of hydrogen-bond acceptors (Lipinski definition) is 5. The van der Waals surface area contributed by atoms with Crippen molar-refractivity contribution >= 4 is 22.8 Å². The van der Waals surface area contributed by atoms with E-state index in [9.17, 15) is 19.5 Å². The lowest BCUT2D eigenvalue weighted by atomic mass is 10.0. The summed E-state index contributed by atoms with van der Waals surface area (Å²) in [5, 5.41) is 9.99. The molecule has 1 atom stereocenters. The highest BCUT2D eigenvalue weighted by Crippen LogP contribution is 2.25. The van der Waals surface area contributed by atoms with Gasteiger partial charge >= 0.3 is 11.6 Å². The number of carboxylic acid groups (broad SMARTS) is 1. The highest BCUT2D eigenvalue weighted by atomic mass is 16.5. The van der Waals surface area contributed by atoms with Crippen molar-refractivity contribution in [1.82, 2.24) is 4.90 Å². The van der Waals surface area contributed by atoms with Gasteiger partial charge in [-0.1, -0.05) is 0 Å². The number of aliphatic carboxylic acids is 1. The fourth-order valence-corrected chi connectivity index (χ4v) is 3.49. The predicted molar refractivity (Wildman–Crippen MR) is 94.5 cm³/mol. The van der Waals surface area contributed by atoms with E-state index in [1.807, 2.05) is 13.0 Å². The number of fused-ring (bicyclic) bond motifs is 1. The monoisotopic (exact) mass is 359 g/mol. The quantitative estimate of drug-likeness (QED) is 0.822. The molecule has 0 bridgehead atoms. The molecule has 1 fully saturated rings. The van der Waals surface area contributed by atoms with Crippen LogP contribution in [0.2, 0.25) is 0 Å². The number of amides is 1. The number of ether oxygens (including phenoxy) is 1. The van der Waals surface area contributed by atoms with Crippen molar-refractivity contribution in [3.63, 3.8) is 0 Å². The molecule has 1 aliphatic rings. The summed E-state index contributed by atoms with van der Waals surface area (Å²) in [6.45, 7) is 2.27. The second-order valence-corrected chi connectivity index (χ2v) is 6.44. The average Bonchev–Trinajstić information content (AvgIpc) is 3.11. The van der Waals surface area contributed by atoms with E-state index in [2.05, 4.69) is 0 Å². The van der Waals surface area contributed by atoms with Gasteiger partial charge in [0.25, 0.3) is 0 Å². The summed E-state index contributed by atoms with van der Waals surface area (Å²) in [5.74, 6) is -0.633. The summed E-state index contributed by atoms with van der Waals surface area (Å²) >= 11 is 0. The maximum atomic E-state index is 12.4. The van der Waals surface area contributed by atoms with Crippen LogP contribution in [0.25, 0.3) is 11.0 Å². The predicted octanol–water partition coefficient (Wildman–Crippen LogP) is 2.12. The van der Waals surface area contributed by atoms with Gasteiger partial charge in [-0.3, -0.25) is 4.79 Å². The Bertz CT molecular complexity index is 916. The summed E-state index contributed by atoms with van der Waals surface area (Å²) in [4.78, 5) is 37.4. The number of nitrogens with zero attached hydrogens (tertiary/aromatic N) is 1. The van der Waals surface area contributed by atoms with Crippen LogP contribution in [-0.2, 0) is 16.0 Å². The Morgan fingerprint density at radius 3 is 2.85 bits per heavy atom. The maximum Gasteiger partial charge on any atom is 0.339 e. The molecule has 0 unspecified atom stereocenters. The Kier molecular flexibility index (Phi) is 4.97. The first-order chi connectivity index (χ1) is 12.4. The summed E-state index contributed by atoms with van der Waals surface area (Å²) in [5.41, 5.74) is 1.17. The van der Waals surface area contributed by atoms with Crippen molar-refractivity contribution in [1.29, 1.82) is 0 Å². The first kappa shape index (κ1) is 18.0. The number of likely N-dealkylation sites (tertiary alicyclic amines) is 1. The number of carbonyl (C=O) groups is 2. The molecule has 3 rings (SSSR count). The number of carbonyl (C=O) groups excluding carboxylic acids is 1. The van der Waals surface area contributed by atoms with Crippen molar-refractivity contribution in [2.24, 2.45) is 0 Å². The van der Waals surface area contributed by atoms with E-state index in [1.165, 1.54) is 12.0 Å². The van der Waals surface area contributed by atoms with Gasteiger partial charge in [-0.25, -0.2) is 9.59 Å². The smallest absolute Gasteiger partial charge is 0.339 e. The van der Waals surface area contributed by atoms with Gasteiger partial charge in [-0.2, -0.15) is 0 Å². The average molecular weight is 359 g/mol. The van der Waals surface area contributed by atoms with E-state index >= 15 is 0 Å². The van der Waals surface area contributed by atoms with Crippen LogP contribution in [0, 0.1) is 6.92 Å². The molecular formula is C19H21NO6. The second-order valence-electron chi connectivity index (χ2n) is 6.44. The molecule has 1 aromatic carbocycles. The number of carboxylic acids is 1. The van der Waals surface area contributed by atoms with E-state index in [1.54, 1.807) is 12.1 Å². The molecule has 1 aromatic heterocycles. The zero-order valence-corrected chi connectivity index (χ0v) is 14.8. The number of rotatable bonds is 5. The fraction of sp³-hybridized carbons (Fsp3) is 0.421. The highest BCUT2D eigenvalue weighted by Gasteiger charge is 2.33. The van der Waals surface area contributed by atoms with Crippen LogP contribution in [0.4, 0.5) is 0 Å². The molecule has 0 aliphatic carbocycles. The molecule has 0 radical (unpaired) electrons. The van der Waals surface area contributed by atoms with Crippen LogP contribution < -0.4 is 10.4 Å². The Hall–Kier alpha value is -2.83. The Balaban J connectivity index is 1.82. The summed E-state index contributed by atoms with van der Waals surface area (Å²) in [6.07, 6.45) is 1.45. The van der Waals surface area contributed by atoms with Gasteiger partial charge in [0.05, 0.1) is 7.11 Å². The molecule has 1 aliphatic heterocycles. The van der Waals surface area contributed by atoms with Gasteiger partial charge in [-0.05, 0) is 43.9 Å². The Morgan fingerprint density at radius 2 is 2.15 bits per heavy atom.